The number of allylic oxidation sites excluding steroid dienone is 1. The van der Waals surface area contributed by atoms with Crippen molar-refractivity contribution in [2.24, 2.45) is 18.0 Å². The standard InChI is InChI=1S/C27H35Cl2N7O2/c1-27(9-3-4-21(18-31-27)26(37)33-38)36-12-7-20(8-13-36)17-30-19-25-32-23-16-22(5-6-24(23)34(25)2)35(14-10-28)15-11-29/h4-6,16,18,20,30,38H,7-8,10-15,17,19H2,1-2H3,(H,33,37). The first-order valence-corrected chi connectivity index (χ1v) is 14.0. The van der Waals surface area contributed by atoms with Crippen LogP contribution in [0.15, 0.2) is 34.8 Å². The summed E-state index contributed by atoms with van der Waals surface area (Å²) in [7, 11) is 2.05. The molecule has 38 heavy (non-hydrogen) atoms. The van der Waals surface area contributed by atoms with E-state index in [0.717, 1.165) is 68.1 Å². The third kappa shape index (κ3) is 6.50. The molecule has 0 radical (unpaired) electrons. The number of nitrogens with zero attached hydrogens (tertiary/aromatic N) is 5. The lowest BCUT2D eigenvalue weighted by Gasteiger charge is -2.39. The van der Waals surface area contributed by atoms with Crippen molar-refractivity contribution in [3.8, 4) is 11.8 Å². The van der Waals surface area contributed by atoms with E-state index in [2.05, 4.69) is 61.8 Å². The van der Waals surface area contributed by atoms with Crippen LogP contribution in [0.25, 0.3) is 11.0 Å². The van der Waals surface area contributed by atoms with Crippen LogP contribution in [0.3, 0.4) is 0 Å². The fourth-order valence-corrected chi connectivity index (χ4v) is 5.40. The van der Waals surface area contributed by atoms with E-state index >= 15 is 0 Å². The monoisotopic (exact) mass is 559 g/mol. The number of hydrogen-bond donors (Lipinski definition) is 3. The summed E-state index contributed by atoms with van der Waals surface area (Å²) in [6, 6.07) is 6.33. The third-order valence-electron chi connectivity index (χ3n) is 7.33. The number of rotatable bonds is 11. The van der Waals surface area contributed by atoms with Crippen molar-refractivity contribution in [2.45, 2.75) is 32.0 Å². The molecule has 1 unspecified atom stereocenters. The Morgan fingerprint density at radius 2 is 2.00 bits per heavy atom. The van der Waals surface area contributed by atoms with Gasteiger partial charge in [0.25, 0.3) is 5.91 Å². The van der Waals surface area contributed by atoms with Gasteiger partial charge in [-0.2, -0.15) is 0 Å². The number of halogens is 2. The fourth-order valence-electron chi connectivity index (χ4n) is 4.99. The minimum atomic E-state index is -0.693. The quantitative estimate of drug-likeness (QED) is 0.169. The number of carbonyl (C=O) groups is 1. The van der Waals surface area contributed by atoms with Gasteiger partial charge >= 0.3 is 0 Å². The molecule has 0 bridgehead atoms. The number of aliphatic imine (C=N–C) groups is 1. The first kappa shape index (κ1) is 28.4. The van der Waals surface area contributed by atoms with Crippen molar-refractivity contribution >= 4 is 52.0 Å². The number of alkyl halides is 2. The number of hydroxylamine groups is 1. The molecule has 1 amide bonds. The number of imidazole rings is 1. The van der Waals surface area contributed by atoms with E-state index in [4.69, 9.17) is 33.4 Å². The molecule has 2 aliphatic heterocycles. The minimum Gasteiger partial charge on any atom is -0.369 e. The lowest BCUT2D eigenvalue weighted by atomic mass is 9.94. The lowest BCUT2D eigenvalue weighted by molar-refractivity contribution is -0.124. The van der Waals surface area contributed by atoms with E-state index in [1.165, 1.54) is 12.3 Å². The molecule has 3 heterocycles. The summed E-state index contributed by atoms with van der Waals surface area (Å²) in [4.78, 5) is 25.6. The summed E-state index contributed by atoms with van der Waals surface area (Å²) in [5, 5.41) is 12.5. The first-order chi connectivity index (χ1) is 18.4. The number of carbonyl (C=O) groups excluding carboxylic acids is 1. The number of benzene rings is 1. The maximum absolute atomic E-state index is 11.7. The number of aryl methyl sites for hydroxylation is 1. The first-order valence-electron chi connectivity index (χ1n) is 12.9. The van der Waals surface area contributed by atoms with Crippen LogP contribution in [-0.2, 0) is 18.4 Å². The zero-order chi connectivity index (χ0) is 27.1. The van der Waals surface area contributed by atoms with Crippen molar-refractivity contribution < 1.29 is 10.0 Å². The van der Waals surface area contributed by atoms with E-state index in [9.17, 15) is 4.79 Å². The number of aromatic nitrogens is 2. The highest BCUT2D eigenvalue weighted by atomic mass is 35.5. The maximum Gasteiger partial charge on any atom is 0.276 e. The van der Waals surface area contributed by atoms with Crippen molar-refractivity contribution in [3.05, 3.63) is 35.7 Å². The van der Waals surface area contributed by atoms with Crippen molar-refractivity contribution in [1.82, 2.24) is 25.2 Å². The molecular formula is C27H35Cl2N7O2. The van der Waals surface area contributed by atoms with Gasteiger partial charge in [-0.05, 0) is 50.4 Å². The Morgan fingerprint density at radius 3 is 2.68 bits per heavy atom. The van der Waals surface area contributed by atoms with Crippen LogP contribution in [0, 0.1) is 17.8 Å². The zero-order valence-corrected chi connectivity index (χ0v) is 23.4. The number of amides is 1. The Labute approximate surface area is 233 Å². The molecule has 1 fully saturated rings. The van der Waals surface area contributed by atoms with Crippen LogP contribution in [0.5, 0.6) is 0 Å². The van der Waals surface area contributed by atoms with Gasteiger partial charge in [-0.3, -0.25) is 19.9 Å². The SMILES string of the molecule is Cn1c(CNCC2CCN(C3(C)C#CC=C(C(=O)NO)C=N3)CC2)nc2cc(N(CCCl)CCCl)ccc21. The normalized spacial score (nSPS) is 20.1. The van der Waals surface area contributed by atoms with Crippen molar-refractivity contribution in [2.75, 3.05) is 49.4 Å². The lowest BCUT2D eigenvalue weighted by Crippen LogP contribution is -2.49. The molecule has 0 aliphatic carbocycles. The predicted octanol–water partition coefficient (Wildman–Crippen LogP) is 2.89. The van der Waals surface area contributed by atoms with Crippen molar-refractivity contribution in [1.29, 1.82) is 0 Å². The summed E-state index contributed by atoms with van der Waals surface area (Å²) in [5.74, 6) is 8.11. The molecule has 1 atom stereocenters. The Hall–Kier alpha value is -2.61. The molecule has 1 aromatic carbocycles. The van der Waals surface area contributed by atoms with Gasteiger partial charge < -0.3 is 14.8 Å². The number of piperidine rings is 1. The zero-order valence-electron chi connectivity index (χ0n) is 21.9. The van der Waals surface area contributed by atoms with Gasteiger partial charge in [0.1, 0.15) is 5.82 Å². The number of anilines is 1. The van der Waals surface area contributed by atoms with Crippen LogP contribution < -0.4 is 15.7 Å². The summed E-state index contributed by atoms with van der Waals surface area (Å²) in [5.41, 5.74) is 4.33. The van der Waals surface area contributed by atoms with Crippen LogP contribution in [0.1, 0.15) is 25.6 Å². The number of nitrogens with one attached hydrogen (secondary N) is 2. The molecule has 0 spiro atoms. The minimum absolute atomic E-state index is 0.240. The Balaban J connectivity index is 1.30. The summed E-state index contributed by atoms with van der Waals surface area (Å²) < 4.78 is 2.14. The third-order valence-corrected chi connectivity index (χ3v) is 7.67. The summed E-state index contributed by atoms with van der Waals surface area (Å²) in [6.45, 7) is 6.80. The van der Waals surface area contributed by atoms with Crippen LogP contribution in [0.2, 0.25) is 0 Å². The predicted molar refractivity (Wildman–Crippen MR) is 153 cm³/mol. The second-order valence-electron chi connectivity index (χ2n) is 9.78. The van der Waals surface area contributed by atoms with Gasteiger partial charge in [-0.25, -0.2) is 10.5 Å². The molecule has 204 valence electrons. The van der Waals surface area contributed by atoms with Gasteiger partial charge in [0.15, 0.2) is 5.66 Å². The van der Waals surface area contributed by atoms with Crippen LogP contribution >= 0.6 is 23.2 Å². The van der Waals surface area contributed by atoms with Crippen molar-refractivity contribution in [3.63, 3.8) is 0 Å². The van der Waals surface area contributed by atoms with E-state index < -0.39 is 11.6 Å². The second kappa shape index (κ2) is 13.0. The van der Waals surface area contributed by atoms with Gasteiger partial charge in [0.05, 0.1) is 23.2 Å². The molecule has 3 N–H and O–H groups in total. The molecule has 0 saturated carbocycles. The molecule has 11 heteroatoms. The van der Waals surface area contributed by atoms with Crippen LogP contribution in [-0.4, -0.2) is 81.9 Å². The van der Waals surface area contributed by atoms with E-state index in [-0.39, 0.29) is 5.57 Å². The Kier molecular flexibility index (Phi) is 9.69. The number of likely N-dealkylation sites (tertiary alicyclic amines) is 1. The Morgan fingerprint density at radius 1 is 1.26 bits per heavy atom. The second-order valence-corrected chi connectivity index (χ2v) is 10.5. The fraction of sp³-hybridized carbons (Fsp3) is 0.519. The topological polar surface area (TPSA) is 98.0 Å². The van der Waals surface area contributed by atoms with E-state index in [1.807, 2.05) is 6.92 Å². The average Bonchev–Trinajstić information content (AvgIpc) is 3.10. The molecule has 1 saturated heterocycles. The molecule has 2 aromatic rings. The molecular weight excluding hydrogens is 525 g/mol. The number of hydrogen-bond acceptors (Lipinski definition) is 7. The molecule has 1 aromatic heterocycles. The number of fused-ring (bicyclic) bond motifs is 1. The summed E-state index contributed by atoms with van der Waals surface area (Å²) >= 11 is 12.0. The highest BCUT2D eigenvalue weighted by Gasteiger charge is 2.33. The average molecular weight is 561 g/mol. The van der Waals surface area contributed by atoms with Gasteiger partial charge in [0.2, 0.25) is 0 Å². The Bertz CT molecular complexity index is 1250. The van der Waals surface area contributed by atoms with E-state index in [1.54, 1.807) is 5.48 Å². The summed E-state index contributed by atoms with van der Waals surface area (Å²) in [6.07, 6.45) is 5.01. The highest BCUT2D eigenvalue weighted by molar-refractivity contribution is 6.18. The molecule has 4 rings (SSSR count). The maximum atomic E-state index is 11.7. The largest absolute Gasteiger partial charge is 0.369 e. The molecule has 9 nitrogen and oxygen atoms in total. The highest BCUT2D eigenvalue weighted by Crippen LogP contribution is 2.26. The van der Waals surface area contributed by atoms with E-state index in [0.29, 0.717) is 24.2 Å². The van der Waals surface area contributed by atoms with Gasteiger partial charge in [0, 0.05) is 63.0 Å². The smallest absolute Gasteiger partial charge is 0.276 e. The van der Waals surface area contributed by atoms with Gasteiger partial charge in [-0.15, -0.1) is 23.2 Å². The van der Waals surface area contributed by atoms with Gasteiger partial charge in [-0.1, -0.05) is 11.8 Å². The van der Waals surface area contributed by atoms with Crippen LogP contribution in [0.4, 0.5) is 5.69 Å². The molecule has 2 aliphatic rings.